The van der Waals surface area contributed by atoms with Crippen molar-refractivity contribution in [3.05, 3.63) is 35.9 Å². The third-order valence-electron chi connectivity index (χ3n) is 6.27. The summed E-state index contributed by atoms with van der Waals surface area (Å²) in [6.07, 6.45) is 13.3. The van der Waals surface area contributed by atoms with Gasteiger partial charge >= 0.3 is 18.1 Å². The van der Waals surface area contributed by atoms with Crippen molar-refractivity contribution in [3.8, 4) is 0 Å². The molecule has 38 heavy (non-hydrogen) atoms. The first-order valence-electron chi connectivity index (χ1n) is 14.7. The lowest BCUT2D eigenvalue weighted by Gasteiger charge is -2.17. The lowest BCUT2D eigenvalue weighted by atomic mass is 10.1. The Morgan fingerprint density at radius 3 is 1.53 bits per heavy atom. The number of hydrogen-bond donors (Lipinski definition) is 0. The Morgan fingerprint density at radius 2 is 1.05 bits per heavy atom. The van der Waals surface area contributed by atoms with Gasteiger partial charge in [0.2, 0.25) is 0 Å². The third kappa shape index (κ3) is 19.5. The van der Waals surface area contributed by atoms with Gasteiger partial charge in [0.15, 0.2) is 0 Å². The van der Waals surface area contributed by atoms with Gasteiger partial charge in [0.1, 0.15) is 12.7 Å². The number of rotatable bonds is 23. The lowest BCUT2D eigenvalue weighted by molar-refractivity contribution is -0.150. The van der Waals surface area contributed by atoms with Crippen LogP contribution in [0.1, 0.15) is 122 Å². The van der Waals surface area contributed by atoms with Crippen molar-refractivity contribution in [1.29, 1.82) is 0 Å². The maximum absolute atomic E-state index is 12.4. The lowest BCUT2D eigenvalue weighted by Crippen LogP contribution is -2.27. The van der Waals surface area contributed by atoms with E-state index >= 15 is 0 Å². The van der Waals surface area contributed by atoms with E-state index in [0.29, 0.717) is 13.2 Å². The van der Waals surface area contributed by atoms with Gasteiger partial charge in [-0.1, -0.05) is 121 Å². The summed E-state index contributed by atoms with van der Waals surface area (Å²) in [6.45, 7) is 5.06. The van der Waals surface area contributed by atoms with Crippen LogP contribution in [0, 0.1) is 0 Å². The molecule has 0 aliphatic rings. The van der Waals surface area contributed by atoms with Gasteiger partial charge in [-0.2, -0.15) is 0 Å². The monoisotopic (exact) mass is 534 g/mol. The summed E-state index contributed by atoms with van der Waals surface area (Å²) in [5.74, 6) is -1.01. The minimum absolute atomic E-state index is 0.0395. The fourth-order valence-electron chi connectivity index (χ4n) is 4.02. The van der Waals surface area contributed by atoms with Gasteiger partial charge in [-0.25, -0.2) is 4.79 Å². The third-order valence-corrected chi connectivity index (χ3v) is 6.27. The Bertz CT molecular complexity index is 701. The quantitative estimate of drug-likeness (QED) is 0.0796. The van der Waals surface area contributed by atoms with E-state index in [1.54, 1.807) is 0 Å². The Balaban J connectivity index is 2.41. The zero-order chi connectivity index (χ0) is 27.7. The van der Waals surface area contributed by atoms with Crippen LogP contribution in [-0.2, 0) is 35.1 Å². The molecule has 0 aromatic heterocycles. The van der Waals surface area contributed by atoms with Crippen molar-refractivity contribution in [2.45, 2.75) is 129 Å². The molecule has 1 aromatic rings. The molecule has 1 aromatic carbocycles. The van der Waals surface area contributed by atoms with E-state index in [4.69, 9.17) is 18.9 Å². The van der Waals surface area contributed by atoms with E-state index in [-0.39, 0.29) is 19.4 Å². The molecule has 0 N–H and O–H groups in total. The van der Waals surface area contributed by atoms with E-state index in [2.05, 4.69) is 13.8 Å². The van der Waals surface area contributed by atoms with Crippen molar-refractivity contribution >= 4 is 18.1 Å². The smallest absolute Gasteiger partial charge is 0.466 e. The number of carbonyl (C=O) groups excluding carboxylic acids is 3. The first kappa shape index (κ1) is 33.5. The molecule has 0 amide bonds. The molecule has 0 radical (unpaired) electrons. The number of benzene rings is 1. The highest BCUT2D eigenvalue weighted by atomic mass is 16.7. The Kier molecular flexibility index (Phi) is 20.7. The van der Waals surface area contributed by atoms with Gasteiger partial charge in [0.05, 0.1) is 26.1 Å². The predicted octanol–water partition coefficient (Wildman–Crippen LogP) is 8.08. The van der Waals surface area contributed by atoms with Crippen LogP contribution in [0.2, 0.25) is 0 Å². The van der Waals surface area contributed by atoms with Crippen molar-refractivity contribution in [3.63, 3.8) is 0 Å². The first-order valence-corrected chi connectivity index (χ1v) is 14.7. The summed E-state index contributed by atoms with van der Waals surface area (Å²) < 4.78 is 21.1. The van der Waals surface area contributed by atoms with Gasteiger partial charge < -0.3 is 18.9 Å². The molecule has 0 spiro atoms. The van der Waals surface area contributed by atoms with Crippen LogP contribution in [0.4, 0.5) is 4.79 Å². The molecule has 7 nitrogen and oxygen atoms in total. The number of ether oxygens (including phenoxy) is 4. The van der Waals surface area contributed by atoms with Crippen LogP contribution >= 0.6 is 0 Å². The van der Waals surface area contributed by atoms with Crippen LogP contribution in [0.3, 0.4) is 0 Å². The summed E-state index contributed by atoms with van der Waals surface area (Å²) in [4.78, 5) is 37.0. The van der Waals surface area contributed by atoms with E-state index in [1.165, 1.54) is 51.4 Å². The molecular weight excluding hydrogens is 484 g/mol. The average molecular weight is 535 g/mol. The van der Waals surface area contributed by atoms with Crippen LogP contribution in [0.25, 0.3) is 0 Å². The maximum Gasteiger partial charge on any atom is 0.508 e. The van der Waals surface area contributed by atoms with Gasteiger partial charge in [-0.15, -0.1) is 0 Å². The zero-order valence-electron chi connectivity index (χ0n) is 23.8. The Hall–Kier alpha value is -2.57. The maximum atomic E-state index is 12.4. The summed E-state index contributed by atoms with van der Waals surface area (Å²) in [5, 5.41) is 0. The highest BCUT2D eigenvalue weighted by Crippen LogP contribution is 2.13. The van der Waals surface area contributed by atoms with Crippen LogP contribution in [-0.4, -0.2) is 37.4 Å². The first-order chi connectivity index (χ1) is 18.5. The van der Waals surface area contributed by atoms with Gasteiger partial charge in [0, 0.05) is 0 Å². The minimum Gasteiger partial charge on any atom is -0.466 e. The van der Waals surface area contributed by atoms with Crippen LogP contribution < -0.4 is 0 Å². The average Bonchev–Trinajstić information content (AvgIpc) is 2.91. The second-order valence-electron chi connectivity index (χ2n) is 9.86. The molecule has 0 aliphatic heterocycles. The topological polar surface area (TPSA) is 88.1 Å². The molecule has 0 heterocycles. The molecule has 0 unspecified atom stereocenters. The molecule has 216 valence electrons. The molecular formula is C31H50O7. The molecule has 0 saturated carbocycles. The molecule has 7 heteroatoms. The second-order valence-corrected chi connectivity index (χ2v) is 9.86. The second kappa shape index (κ2) is 23.5. The molecule has 0 fully saturated rings. The summed E-state index contributed by atoms with van der Waals surface area (Å²) >= 11 is 0. The highest BCUT2D eigenvalue weighted by molar-refractivity contribution is 5.74. The molecule has 1 rings (SSSR count). The molecule has 0 atom stereocenters. The van der Waals surface area contributed by atoms with Crippen molar-refractivity contribution in [1.82, 2.24) is 0 Å². The largest absolute Gasteiger partial charge is 0.508 e. The summed E-state index contributed by atoms with van der Waals surface area (Å²) in [7, 11) is 0. The summed E-state index contributed by atoms with van der Waals surface area (Å²) in [6, 6.07) is 9.21. The fraction of sp³-hybridized carbons (Fsp3) is 0.710. The number of esters is 2. The van der Waals surface area contributed by atoms with E-state index < -0.39 is 24.2 Å². The standard InChI is InChI=1S/C31H50O7/c1-3-5-7-9-11-13-18-22-35-29(32)24-28(38-31(34)37-26-27-20-16-15-17-21-27)25-30(33)36-23-19-14-12-10-8-6-4-2/h15-17,20-21,28H,3-14,18-19,22-26H2,1-2H3. The van der Waals surface area contributed by atoms with Gasteiger partial charge in [-0.3, -0.25) is 9.59 Å². The Morgan fingerprint density at radius 1 is 0.605 bits per heavy atom. The van der Waals surface area contributed by atoms with E-state index in [1.807, 2.05) is 30.3 Å². The van der Waals surface area contributed by atoms with Crippen LogP contribution in [0.5, 0.6) is 0 Å². The van der Waals surface area contributed by atoms with Crippen molar-refractivity contribution in [2.75, 3.05) is 13.2 Å². The molecule has 0 aliphatic carbocycles. The number of hydrogen-bond acceptors (Lipinski definition) is 7. The van der Waals surface area contributed by atoms with Crippen LogP contribution in [0.15, 0.2) is 30.3 Å². The highest BCUT2D eigenvalue weighted by Gasteiger charge is 2.24. The predicted molar refractivity (Wildman–Crippen MR) is 149 cm³/mol. The summed E-state index contributed by atoms with van der Waals surface area (Å²) in [5.41, 5.74) is 0.809. The molecule has 0 saturated heterocycles. The zero-order valence-corrected chi connectivity index (χ0v) is 23.8. The molecule has 0 bridgehead atoms. The van der Waals surface area contributed by atoms with Crippen molar-refractivity contribution in [2.24, 2.45) is 0 Å². The van der Waals surface area contributed by atoms with E-state index in [9.17, 15) is 14.4 Å². The fourth-order valence-corrected chi connectivity index (χ4v) is 4.02. The Labute approximate surface area is 229 Å². The number of carbonyl (C=O) groups is 3. The minimum atomic E-state index is -0.999. The van der Waals surface area contributed by atoms with E-state index in [0.717, 1.165) is 44.1 Å². The SMILES string of the molecule is CCCCCCCCCOC(=O)CC(CC(=O)OCCCCCCCCC)OC(=O)OCc1ccccc1. The number of unbranched alkanes of at least 4 members (excludes halogenated alkanes) is 12. The van der Waals surface area contributed by atoms with Gasteiger partial charge in [-0.05, 0) is 18.4 Å². The van der Waals surface area contributed by atoms with Crippen molar-refractivity contribution < 1.29 is 33.3 Å². The van der Waals surface area contributed by atoms with Gasteiger partial charge in [0.25, 0.3) is 0 Å². The normalized spacial score (nSPS) is 10.8.